The first kappa shape index (κ1) is 10.8. The lowest BCUT2D eigenvalue weighted by molar-refractivity contribution is -0.284. The van der Waals surface area contributed by atoms with Gasteiger partial charge < -0.3 is 29.5 Å². The van der Waals surface area contributed by atoms with Crippen LogP contribution >= 0.6 is 0 Å². The van der Waals surface area contributed by atoms with E-state index >= 15 is 0 Å². The average molecular weight is 223 g/mol. The molecule has 0 aromatic rings. The van der Waals surface area contributed by atoms with Crippen molar-refractivity contribution >= 4 is 5.97 Å². The summed E-state index contributed by atoms with van der Waals surface area (Å²) in [5, 5.41) is 28.1. The van der Waals surface area contributed by atoms with E-state index < -0.39 is 43.8 Å². The standard InChI is InChI=1S/C8H14O7/c1-13-5-3(9)4(10)7(11)15-6(5)8(12)14-2/h3-7,9-11H,1-2H3/t3-,4-,5+,6+,7?/m1/s1/i1D. The van der Waals surface area contributed by atoms with Crippen molar-refractivity contribution in [2.75, 3.05) is 14.2 Å². The summed E-state index contributed by atoms with van der Waals surface area (Å²) in [6, 6.07) is 0. The highest BCUT2D eigenvalue weighted by atomic mass is 16.7. The van der Waals surface area contributed by atoms with Crippen molar-refractivity contribution in [2.24, 2.45) is 0 Å². The van der Waals surface area contributed by atoms with Crippen LogP contribution in [0.4, 0.5) is 0 Å². The van der Waals surface area contributed by atoms with Crippen LogP contribution in [0.5, 0.6) is 0 Å². The fourth-order valence-corrected chi connectivity index (χ4v) is 1.34. The van der Waals surface area contributed by atoms with Crippen LogP contribution in [0.3, 0.4) is 0 Å². The van der Waals surface area contributed by atoms with Crippen LogP contribution in [-0.4, -0.2) is 66.2 Å². The topological polar surface area (TPSA) is 105 Å². The van der Waals surface area contributed by atoms with Gasteiger partial charge in [0.05, 0.1) is 8.48 Å². The quantitative estimate of drug-likeness (QED) is 0.448. The van der Waals surface area contributed by atoms with E-state index in [4.69, 9.17) is 10.8 Å². The van der Waals surface area contributed by atoms with Crippen LogP contribution in [0.2, 0.25) is 0 Å². The Kier molecular flexibility index (Phi) is 3.49. The average Bonchev–Trinajstić information content (AvgIpc) is 2.28. The number of carbonyl (C=O) groups excluding carboxylic acids is 1. The van der Waals surface area contributed by atoms with Gasteiger partial charge in [-0.3, -0.25) is 0 Å². The second kappa shape index (κ2) is 4.86. The highest BCUT2D eigenvalue weighted by molar-refractivity contribution is 5.75. The number of aliphatic hydroxyl groups excluding tert-OH is 3. The fraction of sp³-hybridized carbons (Fsp3) is 0.875. The molecular weight excluding hydrogens is 208 g/mol. The maximum Gasteiger partial charge on any atom is 0.337 e. The maximum atomic E-state index is 11.3. The summed E-state index contributed by atoms with van der Waals surface area (Å²) in [6.07, 6.45) is -7.45. The normalized spacial score (nSPS) is 42.1. The minimum Gasteiger partial charge on any atom is -0.467 e. The molecule has 88 valence electrons. The predicted octanol–water partition coefficient (Wildman–Crippen LogP) is -2.39. The zero-order valence-corrected chi connectivity index (χ0v) is 8.07. The zero-order chi connectivity index (χ0) is 12.3. The Hall–Kier alpha value is -0.730. The van der Waals surface area contributed by atoms with Crippen molar-refractivity contribution in [3.8, 4) is 0 Å². The van der Waals surface area contributed by atoms with Crippen LogP contribution in [0, 0.1) is 0 Å². The molecule has 0 amide bonds. The van der Waals surface area contributed by atoms with Crippen molar-refractivity contribution in [1.29, 1.82) is 0 Å². The van der Waals surface area contributed by atoms with E-state index in [0.29, 0.717) is 0 Å². The van der Waals surface area contributed by atoms with Gasteiger partial charge in [-0.15, -0.1) is 0 Å². The zero-order valence-electron chi connectivity index (χ0n) is 9.07. The van der Waals surface area contributed by atoms with E-state index in [2.05, 4.69) is 4.74 Å². The Balaban J connectivity index is 2.82. The predicted molar refractivity (Wildman–Crippen MR) is 45.7 cm³/mol. The van der Waals surface area contributed by atoms with E-state index in [1.165, 1.54) is 0 Å². The molecule has 0 spiro atoms. The van der Waals surface area contributed by atoms with E-state index in [-0.39, 0.29) is 0 Å². The molecule has 1 aliphatic rings. The van der Waals surface area contributed by atoms with E-state index in [9.17, 15) is 20.1 Å². The summed E-state index contributed by atoms with van der Waals surface area (Å²) in [5.41, 5.74) is 0. The van der Waals surface area contributed by atoms with Crippen LogP contribution in [0.15, 0.2) is 0 Å². The molecule has 0 aliphatic carbocycles. The van der Waals surface area contributed by atoms with Crippen LogP contribution in [-0.2, 0) is 19.0 Å². The van der Waals surface area contributed by atoms with Gasteiger partial charge in [0.15, 0.2) is 12.4 Å². The molecule has 1 fully saturated rings. The van der Waals surface area contributed by atoms with Gasteiger partial charge in [0.1, 0.15) is 18.3 Å². The SMILES string of the molecule is [2H]CO[C@H]1[C@H](O)[C@@H](O)C(O)O[C@@H]1C(=O)OC. The van der Waals surface area contributed by atoms with Crippen LogP contribution < -0.4 is 0 Å². The number of aliphatic hydroxyl groups is 3. The first-order valence-corrected chi connectivity index (χ1v) is 4.21. The lowest BCUT2D eigenvalue weighted by Crippen LogP contribution is -2.60. The molecule has 0 radical (unpaired) electrons. The molecule has 0 aromatic carbocycles. The number of ether oxygens (including phenoxy) is 3. The number of hydrogen-bond donors (Lipinski definition) is 3. The number of rotatable bonds is 2. The third-order valence-electron chi connectivity index (χ3n) is 2.19. The monoisotopic (exact) mass is 223 g/mol. The number of methoxy groups -OCH3 is 2. The molecule has 0 saturated carbocycles. The molecule has 1 unspecified atom stereocenters. The molecule has 1 rings (SSSR count). The van der Waals surface area contributed by atoms with Crippen molar-refractivity contribution in [3.05, 3.63) is 0 Å². The van der Waals surface area contributed by atoms with E-state index in [1.54, 1.807) is 0 Å². The molecule has 5 atom stereocenters. The minimum atomic E-state index is -1.70. The second-order valence-electron chi connectivity index (χ2n) is 3.08. The van der Waals surface area contributed by atoms with Gasteiger partial charge in [0, 0.05) is 7.09 Å². The molecule has 0 bridgehead atoms. The first-order chi connectivity index (χ1) is 7.52. The molecule has 1 heterocycles. The molecule has 0 aromatic heterocycles. The van der Waals surface area contributed by atoms with E-state index in [0.717, 1.165) is 7.11 Å². The Morgan fingerprint density at radius 2 is 2.07 bits per heavy atom. The van der Waals surface area contributed by atoms with Crippen molar-refractivity contribution in [1.82, 2.24) is 0 Å². The number of hydrogen-bond acceptors (Lipinski definition) is 7. The van der Waals surface area contributed by atoms with Crippen LogP contribution in [0.25, 0.3) is 0 Å². The number of esters is 1. The molecule has 1 saturated heterocycles. The summed E-state index contributed by atoms with van der Waals surface area (Å²) >= 11 is 0. The Bertz CT molecular complexity index is 249. The van der Waals surface area contributed by atoms with Crippen molar-refractivity contribution in [2.45, 2.75) is 30.7 Å². The van der Waals surface area contributed by atoms with Gasteiger partial charge in [-0.1, -0.05) is 0 Å². The summed E-state index contributed by atoms with van der Waals surface area (Å²) in [4.78, 5) is 11.3. The smallest absolute Gasteiger partial charge is 0.337 e. The maximum absolute atomic E-state index is 11.3. The van der Waals surface area contributed by atoms with Gasteiger partial charge in [-0.2, -0.15) is 0 Å². The molecule has 3 N–H and O–H groups in total. The Morgan fingerprint density at radius 1 is 1.40 bits per heavy atom. The highest BCUT2D eigenvalue weighted by Crippen LogP contribution is 2.22. The Morgan fingerprint density at radius 3 is 2.60 bits per heavy atom. The third kappa shape index (κ3) is 2.27. The Labute approximate surface area is 87.6 Å². The van der Waals surface area contributed by atoms with Crippen LogP contribution in [0.1, 0.15) is 1.37 Å². The van der Waals surface area contributed by atoms with Crippen molar-refractivity contribution < 1.29 is 35.7 Å². The molecule has 7 heteroatoms. The highest BCUT2D eigenvalue weighted by Gasteiger charge is 2.47. The van der Waals surface area contributed by atoms with Gasteiger partial charge in [-0.25, -0.2) is 4.79 Å². The van der Waals surface area contributed by atoms with Gasteiger partial charge in [0.25, 0.3) is 0 Å². The number of carbonyl (C=O) groups is 1. The molecule has 15 heavy (non-hydrogen) atoms. The van der Waals surface area contributed by atoms with Gasteiger partial charge in [0.2, 0.25) is 0 Å². The third-order valence-corrected chi connectivity index (χ3v) is 2.19. The fourth-order valence-electron chi connectivity index (χ4n) is 1.34. The minimum absolute atomic E-state index is 0.526. The molecule has 1 aliphatic heterocycles. The van der Waals surface area contributed by atoms with Crippen molar-refractivity contribution in [3.63, 3.8) is 0 Å². The van der Waals surface area contributed by atoms with Gasteiger partial charge >= 0.3 is 5.97 Å². The molecule has 7 nitrogen and oxygen atoms in total. The first-order valence-electron chi connectivity index (χ1n) is 4.92. The summed E-state index contributed by atoms with van der Waals surface area (Å²) in [6.45, 7) is 0. The summed E-state index contributed by atoms with van der Waals surface area (Å²) < 4.78 is 20.8. The lowest BCUT2D eigenvalue weighted by Gasteiger charge is -2.38. The summed E-state index contributed by atoms with van der Waals surface area (Å²) in [5.74, 6) is -0.858. The van der Waals surface area contributed by atoms with E-state index in [1.807, 2.05) is 0 Å². The van der Waals surface area contributed by atoms with Gasteiger partial charge in [-0.05, 0) is 0 Å². The molecular formula is C8H14O7. The summed E-state index contributed by atoms with van der Waals surface area (Å²) in [7, 11) is 0.578. The largest absolute Gasteiger partial charge is 0.467 e. The second-order valence-corrected chi connectivity index (χ2v) is 3.08. The lowest BCUT2D eigenvalue weighted by atomic mass is 9.99.